The molecule has 20 heavy (non-hydrogen) atoms. The van der Waals surface area contributed by atoms with Crippen LogP contribution in [-0.4, -0.2) is 22.2 Å². The number of allylic oxidation sites excluding steroid dienone is 2. The van der Waals surface area contributed by atoms with Crippen molar-refractivity contribution in [1.82, 2.24) is 5.32 Å². The van der Waals surface area contributed by atoms with Gasteiger partial charge in [-0.05, 0) is 25.0 Å². The molecule has 1 aromatic rings. The lowest BCUT2D eigenvalue weighted by molar-refractivity contribution is -0.134. The van der Waals surface area contributed by atoms with Gasteiger partial charge in [-0.1, -0.05) is 30.3 Å². The summed E-state index contributed by atoms with van der Waals surface area (Å²) >= 11 is 0. The van der Waals surface area contributed by atoms with Crippen molar-refractivity contribution in [2.24, 2.45) is 0 Å². The molecule has 1 aliphatic heterocycles. The number of aliphatic carboxylic acids is 2. The molecule has 0 aliphatic carbocycles. The number of benzene rings is 1. The minimum absolute atomic E-state index is 0.0429. The van der Waals surface area contributed by atoms with Crippen molar-refractivity contribution >= 4 is 11.9 Å². The molecule has 0 spiro atoms. The molecule has 0 bridgehead atoms. The van der Waals surface area contributed by atoms with Crippen LogP contribution in [0.2, 0.25) is 0 Å². The first-order valence-electron chi connectivity index (χ1n) is 6.13. The monoisotopic (exact) mass is 273 g/mol. The van der Waals surface area contributed by atoms with Gasteiger partial charge in [0.2, 0.25) is 0 Å². The van der Waals surface area contributed by atoms with E-state index in [9.17, 15) is 19.8 Å². The van der Waals surface area contributed by atoms with Crippen LogP contribution < -0.4 is 5.32 Å². The summed E-state index contributed by atoms with van der Waals surface area (Å²) in [7, 11) is 0. The van der Waals surface area contributed by atoms with Crippen LogP contribution in [0.15, 0.2) is 52.9 Å². The second kappa shape index (κ2) is 5.21. The minimum Gasteiger partial charge on any atom is -0.478 e. The van der Waals surface area contributed by atoms with E-state index in [0.717, 1.165) is 5.56 Å². The van der Waals surface area contributed by atoms with Gasteiger partial charge in [0.1, 0.15) is 5.70 Å². The third-order valence-corrected chi connectivity index (χ3v) is 3.41. The van der Waals surface area contributed by atoms with Gasteiger partial charge >= 0.3 is 11.9 Å². The Morgan fingerprint density at radius 1 is 1.05 bits per heavy atom. The van der Waals surface area contributed by atoms with E-state index in [1.54, 1.807) is 38.1 Å². The molecule has 3 N–H and O–H groups in total. The number of carbonyl (C=O) groups is 2. The molecule has 0 radical (unpaired) electrons. The maximum atomic E-state index is 11.5. The zero-order valence-corrected chi connectivity index (χ0v) is 11.2. The van der Waals surface area contributed by atoms with E-state index in [4.69, 9.17) is 0 Å². The fraction of sp³-hybridized carbons (Fsp3) is 0.200. The Bertz CT molecular complexity index is 629. The fourth-order valence-corrected chi connectivity index (χ4v) is 2.50. The van der Waals surface area contributed by atoms with Crippen molar-refractivity contribution in [3.8, 4) is 0 Å². The van der Waals surface area contributed by atoms with E-state index in [1.165, 1.54) is 0 Å². The number of hydrogen-bond acceptors (Lipinski definition) is 3. The maximum absolute atomic E-state index is 11.5. The number of carboxylic acids is 2. The quantitative estimate of drug-likeness (QED) is 0.785. The van der Waals surface area contributed by atoms with Crippen LogP contribution in [-0.2, 0) is 9.59 Å². The largest absolute Gasteiger partial charge is 0.478 e. The van der Waals surface area contributed by atoms with Gasteiger partial charge < -0.3 is 15.5 Å². The average Bonchev–Trinajstić information content (AvgIpc) is 2.40. The maximum Gasteiger partial charge on any atom is 0.352 e. The van der Waals surface area contributed by atoms with Gasteiger partial charge in [0.15, 0.2) is 0 Å². The molecule has 0 amide bonds. The highest BCUT2D eigenvalue weighted by Gasteiger charge is 2.33. The van der Waals surface area contributed by atoms with Crippen LogP contribution in [0.4, 0.5) is 0 Å². The Balaban J connectivity index is 2.64. The highest BCUT2D eigenvalue weighted by atomic mass is 16.4. The lowest BCUT2D eigenvalue weighted by atomic mass is 9.81. The van der Waals surface area contributed by atoms with Crippen LogP contribution >= 0.6 is 0 Å². The molecule has 0 saturated heterocycles. The lowest BCUT2D eigenvalue weighted by Crippen LogP contribution is -2.31. The predicted octanol–water partition coefficient (Wildman–Crippen LogP) is 2.09. The second-order valence-corrected chi connectivity index (χ2v) is 4.68. The predicted molar refractivity (Wildman–Crippen MR) is 73.0 cm³/mol. The van der Waals surface area contributed by atoms with Crippen molar-refractivity contribution in [1.29, 1.82) is 0 Å². The normalized spacial score (nSPS) is 18.8. The molecule has 1 atom stereocenters. The van der Waals surface area contributed by atoms with Gasteiger partial charge in [-0.2, -0.15) is 0 Å². The first-order chi connectivity index (χ1) is 9.43. The second-order valence-electron chi connectivity index (χ2n) is 4.68. The third kappa shape index (κ3) is 2.30. The number of carboxylic acid groups (broad SMARTS) is 2. The number of nitrogens with one attached hydrogen (secondary N) is 1. The molecule has 1 heterocycles. The molecular formula is C15H15NO4. The van der Waals surface area contributed by atoms with Crippen molar-refractivity contribution < 1.29 is 19.8 Å². The summed E-state index contributed by atoms with van der Waals surface area (Å²) in [6.45, 7) is 3.22. The highest BCUT2D eigenvalue weighted by Crippen LogP contribution is 2.37. The standard InChI is InChI=1S/C15H15NO4/c1-8-11(10-6-4-3-5-7-10)12(14(17)18)9(2)16-13(8)15(19)20/h3-7,11,16H,1-2H3,(H,17,18)(H,19,20). The van der Waals surface area contributed by atoms with Gasteiger partial charge in [-0.3, -0.25) is 0 Å². The summed E-state index contributed by atoms with van der Waals surface area (Å²) in [5.41, 5.74) is 1.84. The number of rotatable bonds is 3. The Morgan fingerprint density at radius 3 is 2.15 bits per heavy atom. The molecule has 1 aliphatic rings. The van der Waals surface area contributed by atoms with Gasteiger partial charge in [0.25, 0.3) is 0 Å². The van der Waals surface area contributed by atoms with E-state index in [2.05, 4.69) is 5.32 Å². The van der Waals surface area contributed by atoms with E-state index in [1.807, 2.05) is 6.07 Å². The number of hydrogen-bond donors (Lipinski definition) is 3. The Hall–Kier alpha value is -2.56. The van der Waals surface area contributed by atoms with Crippen LogP contribution in [0, 0.1) is 0 Å². The Kier molecular flexibility index (Phi) is 3.61. The van der Waals surface area contributed by atoms with Gasteiger partial charge in [-0.25, -0.2) is 9.59 Å². The average molecular weight is 273 g/mol. The minimum atomic E-state index is -1.09. The molecule has 5 nitrogen and oxygen atoms in total. The van der Waals surface area contributed by atoms with Crippen molar-refractivity contribution in [3.63, 3.8) is 0 Å². The molecule has 0 fully saturated rings. The molecule has 5 heteroatoms. The Morgan fingerprint density at radius 2 is 1.65 bits per heavy atom. The van der Waals surface area contributed by atoms with E-state index >= 15 is 0 Å². The van der Waals surface area contributed by atoms with E-state index in [-0.39, 0.29) is 11.3 Å². The third-order valence-electron chi connectivity index (χ3n) is 3.41. The SMILES string of the molecule is CC1=C(C(=O)O)C(c2ccccc2)C(C)=C(C(=O)O)N1. The van der Waals surface area contributed by atoms with Gasteiger partial charge in [-0.15, -0.1) is 0 Å². The summed E-state index contributed by atoms with van der Waals surface area (Å²) in [6, 6.07) is 9.04. The number of dihydropyridines is 1. The van der Waals surface area contributed by atoms with Crippen LogP contribution in [0.1, 0.15) is 25.3 Å². The van der Waals surface area contributed by atoms with E-state index in [0.29, 0.717) is 11.3 Å². The molecule has 2 rings (SSSR count). The summed E-state index contributed by atoms with van der Waals surface area (Å²) in [6.07, 6.45) is 0. The summed E-state index contributed by atoms with van der Waals surface area (Å²) in [5, 5.41) is 21.3. The summed E-state index contributed by atoms with van der Waals surface area (Å²) in [5.74, 6) is -2.69. The topological polar surface area (TPSA) is 86.6 Å². The van der Waals surface area contributed by atoms with Gasteiger partial charge in [0.05, 0.1) is 5.57 Å². The zero-order valence-electron chi connectivity index (χ0n) is 11.2. The van der Waals surface area contributed by atoms with Crippen molar-refractivity contribution in [2.45, 2.75) is 19.8 Å². The lowest BCUT2D eigenvalue weighted by Gasteiger charge is -2.28. The van der Waals surface area contributed by atoms with Gasteiger partial charge in [0, 0.05) is 11.6 Å². The van der Waals surface area contributed by atoms with Crippen molar-refractivity contribution in [3.05, 3.63) is 58.4 Å². The van der Waals surface area contributed by atoms with E-state index < -0.39 is 17.9 Å². The summed E-state index contributed by atoms with van der Waals surface area (Å²) < 4.78 is 0. The highest BCUT2D eigenvalue weighted by molar-refractivity contribution is 5.94. The summed E-state index contributed by atoms with van der Waals surface area (Å²) in [4.78, 5) is 22.8. The molecular weight excluding hydrogens is 258 g/mol. The molecule has 0 aromatic heterocycles. The van der Waals surface area contributed by atoms with Crippen LogP contribution in [0.5, 0.6) is 0 Å². The molecule has 104 valence electrons. The van der Waals surface area contributed by atoms with Crippen molar-refractivity contribution in [2.75, 3.05) is 0 Å². The van der Waals surface area contributed by atoms with Crippen LogP contribution in [0.25, 0.3) is 0 Å². The fourth-order valence-electron chi connectivity index (χ4n) is 2.50. The Labute approximate surface area is 116 Å². The zero-order chi connectivity index (χ0) is 14.9. The molecule has 0 saturated carbocycles. The smallest absolute Gasteiger partial charge is 0.352 e. The first-order valence-corrected chi connectivity index (χ1v) is 6.13. The van der Waals surface area contributed by atoms with Crippen LogP contribution in [0.3, 0.4) is 0 Å². The molecule has 1 unspecified atom stereocenters. The molecule has 1 aromatic carbocycles. The first kappa shape index (κ1) is 13.9.